The number of rotatable bonds is 11. The van der Waals surface area contributed by atoms with Crippen LogP contribution in [0.1, 0.15) is 54.8 Å². The number of benzene rings is 3. The van der Waals surface area contributed by atoms with E-state index >= 15 is 13.2 Å². The van der Waals surface area contributed by atoms with E-state index < -0.39 is 38.9 Å². The first-order chi connectivity index (χ1) is 20.7. The summed E-state index contributed by atoms with van der Waals surface area (Å²) in [6, 6.07) is 15.1. The number of oxazole rings is 1. The normalized spacial score (nSPS) is 20.4. The topological polar surface area (TPSA) is 81.4 Å². The Bertz CT molecular complexity index is 1730. The van der Waals surface area contributed by atoms with E-state index in [0.29, 0.717) is 43.7 Å². The van der Waals surface area contributed by atoms with Crippen molar-refractivity contribution in [2.45, 2.75) is 67.7 Å². The molecule has 43 heavy (non-hydrogen) atoms. The van der Waals surface area contributed by atoms with Gasteiger partial charge in [0, 0.05) is 23.2 Å². The fraction of sp³-hybridized carbons (Fsp3) is 0.344. The van der Waals surface area contributed by atoms with Gasteiger partial charge < -0.3 is 9.15 Å². The number of hydrogen-bond donors (Lipinski definition) is 1. The van der Waals surface area contributed by atoms with Crippen molar-refractivity contribution in [1.82, 2.24) is 9.71 Å². The third-order valence-corrected chi connectivity index (χ3v) is 10.5. The van der Waals surface area contributed by atoms with Crippen LogP contribution in [0.25, 0.3) is 11.1 Å². The van der Waals surface area contributed by atoms with Gasteiger partial charge in [-0.3, -0.25) is 0 Å². The average molecular weight is 631 g/mol. The van der Waals surface area contributed by atoms with Gasteiger partial charge in [0.2, 0.25) is 15.9 Å². The van der Waals surface area contributed by atoms with Crippen molar-refractivity contribution < 1.29 is 30.7 Å². The molecule has 1 aromatic heterocycles. The van der Waals surface area contributed by atoms with Crippen molar-refractivity contribution in [1.29, 1.82) is 0 Å². The molecule has 3 aromatic carbocycles. The van der Waals surface area contributed by atoms with E-state index in [1.165, 1.54) is 30.5 Å². The van der Waals surface area contributed by atoms with Crippen LogP contribution >= 0.6 is 11.6 Å². The highest BCUT2D eigenvalue weighted by molar-refractivity contribution is 7.90. The highest BCUT2D eigenvalue weighted by atomic mass is 35.5. The summed E-state index contributed by atoms with van der Waals surface area (Å²) < 4.78 is 85.7. The Hall–Kier alpha value is -3.34. The third-order valence-electron chi connectivity index (χ3n) is 8.19. The first kappa shape index (κ1) is 29.7. The molecule has 2 saturated carbocycles. The molecule has 0 radical (unpaired) electrons. The zero-order valence-electron chi connectivity index (χ0n) is 23.2. The van der Waals surface area contributed by atoms with E-state index in [4.69, 9.17) is 20.8 Å². The highest BCUT2D eigenvalue weighted by Gasteiger charge is 2.47. The van der Waals surface area contributed by atoms with Crippen LogP contribution in [0.2, 0.25) is 0 Å². The zero-order chi connectivity index (χ0) is 30.2. The lowest BCUT2D eigenvalue weighted by atomic mass is 9.79. The molecule has 6 rings (SSSR count). The van der Waals surface area contributed by atoms with E-state index in [1.54, 1.807) is 0 Å². The number of para-hydroxylation sites is 1. The number of nitrogens with zero attached hydrogens (tertiary/aromatic N) is 1. The number of hydrogen-bond acceptors (Lipinski definition) is 5. The number of nitrogens with one attached hydrogen (secondary N) is 1. The molecule has 226 valence electrons. The van der Waals surface area contributed by atoms with Gasteiger partial charge in [-0.2, -0.15) is 0 Å². The molecular formula is C32H30ClF3N2O4S. The minimum absolute atomic E-state index is 0.0213. The van der Waals surface area contributed by atoms with Crippen LogP contribution in [0.15, 0.2) is 71.3 Å². The lowest BCUT2D eigenvalue weighted by molar-refractivity contribution is 0.291. The van der Waals surface area contributed by atoms with E-state index in [0.717, 1.165) is 11.6 Å². The van der Waals surface area contributed by atoms with E-state index in [9.17, 15) is 8.42 Å². The van der Waals surface area contributed by atoms with Crippen molar-refractivity contribution >= 4 is 21.6 Å². The molecule has 0 saturated heterocycles. The fourth-order valence-electron chi connectivity index (χ4n) is 5.87. The number of aromatic nitrogens is 1. The van der Waals surface area contributed by atoms with Crippen LogP contribution in [0.3, 0.4) is 0 Å². The maximum absolute atomic E-state index is 15.5. The monoisotopic (exact) mass is 630 g/mol. The molecule has 2 aliphatic rings. The molecule has 2 atom stereocenters. The third kappa shape index (κ3) is 6.32. The number of ether oxygens (including phenoxy) is 1. The molecule has 11 heteroatoms. The first-order valence-corrected chi connectivity index (χ1v) is 16.2. The highest BCUT2D eigenvalue weighted by Crippen LogP contribution is 2.46. The molecule has 1 N–H and O–H groups in total. The standard InChI is InChI=1S/C32H30ClF3N2O4S/c33-17-23-19-42-31(37-23)32(12-11-22(16-32)38-43(39,40)24-9-10-24)15-21-13-26(29(36)14-28(21)35)25-7-4-8-27(34)30(25)41-18-20-5-2-1-3-6-20/h1-8,13-14,19,22,24,38H,9-12,15-18H2/t22-,32+/m0/s1. The van der Waals surface area contributed by atoms with Gasteiger partial charge in [0.05, 0.1) is 22.2 Å². The second-order valence-electron chi connectivity index (χ2n) is 11.4. The minimum Gasteiger partial charge on any atom is -0.485 e. The summed E-state index contributed by atoms with van der Waals surface area (Å²) in [5.41, 5.74) is 0.697. The van der Waals surface area contributed by atoms with Gasteiger partial charge in [-0.1, -0.05) is 42.5 Å². The van der Waals surface area contributed by atoms with Gasteiger partial charge in [-0.05, 0) is 61.8 Å². The molecule has 0 unspecified atom stereocenters. The fourth-order valence-corrected chi connectivity index (χ4v) is 7.61. The Balaban J connectivity index is 1.34. The molecule has 1 heterocycles. The Kier molecular flexibility index (Phi) is 8.28. The maximum Gasteiger partial charge on any atom is 0.214 e. The van der Waals surface area contributed by atoms with Crippen molar-refractivity contribution in [2.24, 2.45) is 0 Å². The molecule has 0 bridgehead atoms. The molecular weight excluding hydrogens is 601 g/mol. The Morgan fingerprint density at radius 1 is 0.977 bits per heavy atom. The smallest absolute Gasteiger partial charge is 0.214 e. The number of sulfonamides is 1. The lowest BCUT2D eigenvalue weighted by Gasteiger charge is -2.27. The van der Waals surface area contributed by atoms with Gasteiger partial charge in [-0.25, -0.2) is 31.3 Å². The largest absolute Gasteiger partial charge is 0.485 e. The van der Waals surface area contributed by atoms with Crippen molar-refractivity contribution in [3.8, 4) is 16.9 Å². The molecule has 2 aliphatic carbocycles. The molecule has 0 spiro atoms. The number of alkyl halides is 1. The van der Waals surface area contributed by atoms with Crippen LogP contribution in [0, 0.1) is 17.5 Å². The van der Waals surface area contributed by atoms with Crippen LogP contribution in [0.4, 0.5) is 13.2 Å². The summed E-state index contributed by atoms with van der Waals surface area (Å²) >= 11 is 5.98. The predicted octanol–water partition coefficient (Wildman–Crippen LogP) is 7.19. The van der Waals surface area contributed by atoms with E-state index in [2.05, 4.69) is 9.71 Å². The second kappa shape index (κ2) is 12.0. The van der Waals surface area contributed by atoms with Crippen LogP contribution in [-0.2, 0) is 34.3 Å². The molecule has 0 aliphatic heterocycles. The zero-order valence-corrected chi connectivity index (χ0v) is 24.7. The van der Waals surface area contributed by atoms with Crippen molar-refractivity contribution in [2.75, 3.05) is 0 Å². The van der Waals surface area contributed by atoms with E-state index in [-0.39, 0.29) is 46.6 Å². The van der Waals surface area contributed by atoms with Gasteiger partial charge in [0.25, 0.3) is 0 Å². The Morgan fingerprint density at radius 2 is 1.77 bits per heavy atom. The van der Waals surface area contributed by atoms with Gasteiger partial charge in [-0.15, -0.1) is 11.6 Å². The van der Waals surface area contributed by atoms with Crippen molar-refractivity contribution in [3.63, 3.8) is 0 Å². The molecule has 0 amide bonds. The molecule has 2 fully saturated rings. The first-order valence-electron chi connectivity index (χ1n) is 14.1. The summed E-state index contributed by atoms with van der Waals surface area (Å²) in [5, 5.41) is -0.381. The van der Waals surface area contributed by atoms with Gasteiger partial charge in [0.15, 0.2) is 11.6 Å². The molecule has 4 aromatic rings. The van der Waals surface area contributed by atoms with Crippen LogP contribution < -0.4 is 9.46 Å². The maximum atomic E-state index is 15.5. The summed E-state index contributed by atoms with van der Waals surface area (Å²) in [7, 11) is -3.46. The predicted molar refractivity (Wildman–Crippen MR) is 157 cm³/mol. The summed E-state index contributed by atoms with van der Waals surface area (Å²) in [6.07, 6.45) is 3.98. The quantitative estimate of drug-likeness (QED) is 0.177. The van der Waals surface area contributed by atoms with E-state index in [1.807, 2.05) is 30.3 Å². The lowest BCUT2D eigenvalue weighted by Crippen LogP contribution is -2.37. The number of halogens is 4. The van der Waals surface area contributed by atoms with Gasteiger partial charge >= 0.3 is 0 Å². The Labute approximate surface area is 253 Å². The SMILES string of the molecule is O=S(=O)(N[C@H]1CC[C@](Cc2cc(-c3cccc(F)c3OCc3ccccc3)c(F)cc2F)(c2nc(CCl)co2)C1)C1CC1. The minimum atomic E-state index is -3.46. The van der Waals surface area contributed by atoms with Gasteiger partial charge in [0.1, 0.15) is 24.5 Å². The van der Waals surface area contributed by atoms with Crippen molar-refractivity contribution in [3.05, 3.63) is 107 Å². The summed E-state index contributed by atoms with van der Waals surface area (Å²) in [5.74, 6) is -2.04. The Morgan fingerprint density at radius 3 is 2.49 bits per heavy atom. The summed E-state index contributed by atoms with van der Waals surface area (Å²) in [6.45, 7) is 0.0543. The van der Waals surface area contributed by atoms with Crippen LogP contribution in [-0.4, -0.2) is 24.7 Å². The molecule has 6 nitrogen and oxygen atoms in total. The average Bonchev–Trinajstić information content (AvgIpc) is 3.62. The second-order valence-corrected chi connectivity index (χ2v) is 13.6. The van der Waals surface area contributed by atoms with Crippen LogP contribution in [0.5, 0.6) is 5.75 Å². The summed E-state index contributed by atoms with van der Waals surface area (Å²) in [4.78, 5) is 4.52.